The van der Waals surface area contributed by atoms with Crippen LogP contribution in [0.3, 0.4) is 0 Å². The highest BCUT2D eigenvalue weighted by Gasteiger charge is 2.36. The molecule has 3 nitrogen and oxygen atoms in total. The summed E-state index contributed by atoms with van der Waals surface area (Å²) in [5.74, 6) is 0.373. The van der Waals surface area contributed by atoms with Crippen molar-refractivity contribution in [3.63, 3.8) is 0 Å². The Labute approximate surface area is 235 Å². The minimum atomic E-state index is -4.38. The third-order valence-corrected chi connectivity index (χ3v) is 9.54. The minimum Gasteiger partial charge on any atom is -0.396 e. The number of fused-ring (bicyclic) bond motifs is 3. The third kappa shape index (κ3) is 5.74. The van der Waals surface area contributed by atoms with Crippen molar-refractivity contribution in [2.45, 2.75) is 102 Å². The van der Waals surface area contributed by atoms with Gasteiger partial charge in [-0.3, -0.25) is 0 Å². The number of aldehydes is 1. The highest BCUT2D eigenvalue weighted by Crippen LogP contribution is 2.46. The van der Waals surface area contributed by atoms with E-state index in [1.807, 2.05) is 0 Å². The number of hydrogen-bond donors (Lipinski definition) is 1. The number of aliphatic hydroxyl groups is 1. The first-order chi connectivity index (χ1) is 19.2. The summed E-state index contributed by atoms with van der Waals surface area (Å²) < 4.78 is 42.8. The summed E-state index contributed by atoms with van der Waals surface area (Å²) in [5, 5.41) is 11.4. The number of rotatable bonds is 9. The van der Waals surface area contributed by atoms with Crippen LogP contribution >= 0.6 is 0 Å². The number of nitrogens with zero attached hydrogens (tertiary/aromatic N) is 1. The number of carbonyl (C=O) groups is 1. The number of hydrogen-bond acceptors (Lipinski definition) is 2. The Hall–Kier alpha value is -2.60. The third-order valence-electron chi connectivity index (χ3n) is 9.54. The largest absolute Gasteiger partial charge is 0.416 e. The van der Waals surface area contributed by atoms with E-state index in [9.17, 15) is 23.1 Å². The first-order valence-electron chi connectivity index (χ1n) is 15.1. The predicted molar refractivity (Wildman–Crippen MR) is 154 cm³/mol. The average Bonchev–Trinajstić information content (AvgIpc) is 3.28. The van der Waals surface area contributed by atoms with Crippen LogP contribution in [-0.2, 0) is 17.4 Å². The molecule has 216 valence electrons. The zero-order valence-electron chi connectivity index (χ0n) is 23.7. The molecule has 3 atom stereocenters. The van der Waals surface area contributed by atoms with E-state index in [4.69, 9.17) is 0 Å². The molecule has 0 aliphatic heterocycles. The fourth-order valence-corrected chi connectivity index (χ4v) is 7.30. The van der Waals surface area contributed by atoms with Gasteiger partial charge in [-0.2, -0.15) is 13.2 Å². The number of aromatic nitrogens is 1. The van der Waals surface area contributed by atoms with Crippen LogP contribution < -0.4 is 0 Å². The van der Waals surface area contributed by atoms with Gasteiger partial charge in [-0.15, -0.1) is 0 Å². The predicted octanol–water partition coefficient (Wildman–Crippen LogP) is 8.96. The molecule has 2 aliphatic carbocycles. The van der Waals surface area contributed by atoms with Crippen molar-refractivity contribution in [3.8, 4) is 0 Å². The van der Waals surface area contributed by atoms with Crippen LogP contribution in [0.1, 0.15) is 117 Å². The summed E-state index contributed by atoms with van der Waals surface area (Å²) in [5.41, 5.74) is 4.90. The molecular weight excluding hydrogens is 511 g/mol. The molecule has 0 bridgehead atoms. The van der Waals surface area contributed by atoms with Crippen LogP contribution in [0.5, 0.6) is 0 Å². The van der Waals surface area contributed by atoms with E-state index in [1.54, 1.807) is 12.1 Å². The second kappa shape index (κ2) is 12.1. The van der Waals surface area contributed by atoms with Crippen LogP contribution in [-0.4, -0.2) is 22.6 Å². The second-order valence-corrected chi connectivity index (χ2v) is 12.4. The van der Waals surface area contributed by atoms with Gasteiger partial charge >= 0.3 is 6.18 Å². The van der Waals surface area contributed by atoms with Gasteiger partial charge in [-0.05, 0) is 84.9 Å². The molecule has 5 rings (SSSR count). The van der Waals surface area contributed by atoms with Crippen molar-refractivity contribution < 1.29 is 23.1 Å². The molecule has 6 heteroatoms. The minimum absolute atomic E-state index is 0.118. The van der Waals surface area contributed by atoms with Gasteiger partial charge in [-0.1, -0.05) is 64.2 Å². The van der Waals surface area contributed by atoms with E-state index >= 15 is 0 Å². The van der Waals surface area contributed by atoms with Gasteiger partial charge in [-0.25, -0.2) is 0 Å². The summed E-state index contributed by atoms with van der Waals surface area (Å²) in [6.07, 6.45) is 7.20. The average molecular weight is 554 g/mol. The highest BCUT2D eigenvalue weighted by molar-refractivity contribution is 5.87. The van der Waals surface area contributed by atoms with Crippen molar-refractivity contribution in [1.29, 1.82) is 0 Å². The Morgan fingerprint density at radius 2 is 1.68 bits per heavy atom. The van der Waals surface area contributed by atoms with E-state index in [2.05, 4.69) is 36.6 Å². The number of alkyl halides is 3. The summed E-state index contributed by atoms with van der Waals surface area (Å²) in [6.45, 7) is 4.15. The number of benzene rings is 2. The van der Waals surface area contributed by atoms with Crippen molar-refractivity contribution in [2.24, 2.45) is 11.8 Å². The molecular formula is C34H42F3NO2. The normalized spacial score (nSPS) is 20.0. The first-order valence-corrected chi connectivity index (χ1v) is 15.1. The van der Waals surface area contributed by atoms with Crippen molar-refractivity contribution >= 4 is 17.2 Å². The number of aliphatic hydroxyl groups excluding tert-OH is 1. The van der Waals surface area contributed by atoms with Gasteiger partial charge < -0.3 is 14.5 Å². The quantitative estimate of drug-likeness (QED) is 0.269. The fourth-order valence-electron chi connectivity index (χ4n) is 7.30. The number of aryl methyl sites for hydroxylation is 1. The Balaban J connectivity index is 1.69. The second-order valence-electron chi connectivity index (χ2n) is 12.4. The molecule has 2 aromatic carbocycles. The van der Waals surface area contributed by atoms with Crippen molar-refractivity contribution in [2.75, 3.05) is 6.61 Å². The van der Waals surface area contributed by atoms with Crippen LogP contribution in [0.2, 0.25) is 0 Å². The van der Waals surface area contributed by atoms with E-state index in [0.29, 0.717) is 11.8 Å². The monoisotopic (exact) mass is 553 g/mol. The Kier molecular flexibility index (Phi) is 8.75. The lowest BCUT2D eigenvalue weighted by atomic mass is 9.79. The molecule has 0 amide bonds. The highest BCUT2D eigenvalue weighted by atomic mass is 19.4. The van der Waals surface area contributed by atoms with Crippen LogP contribution in [0.15, 0.2) is 42.5 Å². The van der Waals surface area contributed by atoms with Crippen LogP contribution in [0, 0.1) is 11.8 Å². The molecule has 3 aromatic rings. The lowest BCUT2D eigenvalue weighted by molar-refractivity contribution is -0.137. The number of halogens is 3. The summed E-state index contributed by atoms with van der Waals surface area (Å²) in [6, 6.07) is 12.2. The SMILES string of the molecule is CC(C)c1ccc2c(c1)c1c(n2[C@@H](CCC2CCCCC2)c2ccc(C(F)(F)F)cc2)C(C(C=O)CO)CCC1. The molecule has 1 aromatic heterocycles. The van der Waals surface area contributed by atoms with Gasteiger partial charge in [0.15, 0.2) is 0 Å². The molecule has 1 saturated carbocycles. The van der Waals surface area contributed by atoms with E-state index in [0.717, 1.165) is 55.2 Å². The smallest absolute Gasteiger partial charge is 0.396 e. The molecule has 1 N–H and O–H groups in total. The maximum Gasteiger partial charge on any atom is 0.416 e. The van der Waals surface area contributed by atoms with Gasteiger partial charge in [0.2, 0.25) is 0 Å². The molecule has 0 spiro atoms. The van der Waals surface area contributed by atoms with E-state index in [-0.39, 0.29) is 18.6 Å². The lowest BCUT2D eigenvalue weighted by Gasteiger charge is -2.33. The van der Waals surface area contributed by atoms with Gasteiger partial charge in [0, 0.05) is 28.4 Å². The molecule has 1 fully saturated rings. The topological polar surface area (TPSA) is 42.2 Å². The lowest BCUT2D eigenvalue weighted by Crippen LogP contribution is -2.27. The Bertz CT molecular complexity index is 1300. The molecule has 0 saturated heterocycles. The molecule has 0 radical (unpaired) electrons. The standard InChI is InChI=1S/C34H42F3NO2/c1-22(2)25-14-18-32-30(19-25)29-10-6-9-28(26(20-39)21-40)33(29)38(32)31(17-11-23-7-4-3-5-8-23)24-12-15-27(16-13-24)34(35,36)37/h12-16,18-20,22-23,26,28,31,40H,3-11,17,21H2,1-2H3/t26?,28?,31-/m0/s1. The Morgan fingerprint density at radius 1 is 0.975 bits per heavy atom. The Morgan fingerprint density at radius 3 is 2.30 bits per heavy atom. The summed E-state index contributed by atoms with van der Waals surface area (Å²) in [7, 11) is 0. The first kappa shape index (κ1) is 28.9. The summed E-state index contributed by atoms with van der Waals surface area (Å²) >= 11 is 0. The molecule has 2 aliphatic rings. The number of carbonyl (C=O) groups excluding carboxylic acids is 1. The van der Waals surface area contributed by atoms with Crippen molar-refractivity contribution in [3.05, 3.63) is 70.4 Å². The maximum absolute atomic E-state index is 13.5. The van der Waals surface area contributed by atoms with Crippen LogP contribution in [0.4, 0.5) is 13.2 Å². The maximum atomic E-state index is 13.5. The van der Waals surface area contributed by atoms with Crippen LogP contribution in [0.25, 0.3) is 10.9 Å². The van der Waals surface area contributed by atoms with E-state index < -0.39 is 17.7 Å². The summed E-state index contributed by atoms with van der Waals surface area (Å²) in [4.78, 5) is 12.1. The van der Waals surface area contributed by atoms with E-state index in [1.165, 1.54) is 60.7 Å². The van der Waals surface area contributed by atoms with Gasteiger partial charge in [0.05, 0.1) is 18.2 Å². The van der Waals surface area contributed by atoms with Gasteiger partial charge in [0.1, 0.15) is 6.29 Å². The van der Waals surface area contributed by atoms with Gasteiger partial charge in [0.25, 0.3) is 0 Å². The zero-order valence-corrected chi connectivity index (χ0v) is 23.7. The fraction of sp³-hybridized carbons (Fsp3) is 0.559. The van der Waals surface area contributed by atoms with Crippen molar-refractivity contribution in [1.82, 2.24) is 4.57 Å². The molecule has 2 unspecified atom stereocenters. The zero-order chi connectivity index (χ0) is 28.4. The molecule has 1 heterocycles. The molecule has 40 heavy (non-hydrogen) atoms.